The van der Waals surface area contributed by atoms with Gasteiger partial charge in [-0.25, -0.2) is 4.79 Å². The van der Waals surface area contributed by atoms with Gasteiger partial charge in [0.15, 0.2) is 0 Å². The lowest BCUT2D eigenvalue weighted by Gasteiger charge is -2.28. The van der Waals surface area contributed by atoms with Crippen molar-refractivity contribution < 1.29 is 19.1 Å². The molecule has 2 amide bonds. The molecule has 0 saturated carbocycles. The number of fused-ring (bicyclic) bond motifs is 1. The van der Waals surface area contributed by atoms with Gasteiger partial charge in [-0.05, 0) is 35.2 Å². The van der Waals surface area contributed by atoms with Crippen LogP contribution < -0.4 is 0 Å². The molecule has 1 aliphatic rings. The van der Waals surface area contributed by atoms with Crippen LogP contribution in [-0.4, -0.2) is 34.5 Å². The zero-order valence-corrected chi connectivity index (χ0v) is 18.8. The predicted molar refractivity (Wildman–Crippen MR) is 128 cm³/mol. The lowest BCUT2D eigenvalue weighted by Crippen LogP contribution is -2.40. The van der Waals surface area contributed by atoms with Gasteiger partial charge in [-0.2, -0.15) is 0 Å². The van der Waals surface area contributed by atoms with Crippen LogP contribution in [0.3, 0.4) is 0 Å². The Kier molecular flexibility index (Phi) is 5.49. The largest absolute Gasteiger partial charge is 0.452 e. The summed E-state index contributed by atoms with van der Waals surface area (Å²) >= 11 is 0. The number of benzene rings is 3. The highest BCUT2D eigenvalue weighted by Crippen LogP contribution is 2.41. The summed E-state index contributed by atoms with van der Waals surface area (Å²) in [4.78, 5) is 40.9. The molecule has 2 heterocycles. The zero-order valence-electron chi connectivity index (χ0n) is 18.8. The van der Waals surface area contributed by atoms with E-state index in [1.807, 2.05) is 84.9 Å². The maximum atomic E-state index is 14.0. The first-order valence-corrected chi connectivity index (χ1v) is 11.1. The summed E-state index contributed by atoms with van der Waals surface area (Å²) in [6, 6.07) is 26.7. The van der Waals surface area contributed by atoms with Gasteiger partial charge >= 0.3 is 6.09 Å². The average molecular weight is 453 g/mol. The molecule has 1 saturated heterocycles. The number of hydrogen-bond donors (Lipinski definition) is 0. The fourth-order valence-corrected chi connectivity index (χ4v) is 4.82. The van der Waals surface area contributed by atoms with E-state index in [0.29, 0.717) is 17.5 Å². The summed E-state index contributed by atoms with van der Waals surface area (Å²) in [7, 11) is 1.33. The summed E-state index contributed by atoms with van der Waals surface area (Å²) in [5.41, 5.74) is 2.15. The molecule has 1 aliphatic heterocycles. The van der Waals surface area contributed by atoms with Crippen LogP contribution in [0, 0.1) is 0 Å². The van der Waals surface area contributed by atoms with Crippen LogP contribution in [-0.2, 0) is 32.7 Å². The van der Waals surface area contributed by atoms with Crippen molar-refractivity contribution in [3.05, 3.63) is 108 Å². The number of methoxy groups -OCH3 is 1. The number of hydrogen-bond acceptors (Lipinski definition) is 4. The number of ether oxygens (including phenoxy) is 1. The number of rotatable bonds is 5. The summed E-state index contributed by atoms with van der Waals surface area (Å²) in [6.45, 7) is 0.232. The van der Waals surface area contributed by atoms with Gasteiger partial charge in [0.25, 0.3) is 0 Å². The summed E-state index contributed by atoms with van der Waals surface area (Å²) in [6.07, 6.45) is 1.59. The Morgan fingerprint density at radius 2 is 1.59 bits per heavy atom. The number of aromatic nitrogens is 1. The Labute approximate surface area is 197 Å². The van der Waals surface area contributed by atoms with Gasteiger partial charge in [-0.15, -0.1) is 0 Å². The molecule has 4 aromatic rings. The van der Waals surface area contributed by atoms with Crippen molar-refractivity contribution in [3.8, 4) is 0 Å². The highest BCUT2D eigenvalue weighted by molar-refractivity contribution is 6.09. The third kappa shape index (κ3) is 3.67. The maximum Gasteiger partial charge on any atom is 0.418 e. The van der Waals surface area contributed by atoms with Crippen molar-refractivity contribution in [2.24, 2.45) is 0 Å². The molecule has 0 spiro atoms. The van der Waals surface area contributed by atoms with E-state index in [-0.39, 0.29) is 24.8 Å². The van der Waals surface area contributed by atoms with Crippen molar-refractivity contribution in [1.29, 1.82) is 0 Å². The minimum absolute atomic E-state index is 0.0675. The number of nitrogens with zero attached hydrogens (tertiary/aromatic N) is 2. The Bertz CT molecular complexity index is 1380. The van der Waals surface area contributed by atoms with E-state index in [9.17, 15) is 14.4 Å². The Morgan fingerprint density at radius 1 is 0.912 bits per heavy atom. The maximum absolute atomic E-state index is 14.0. The van der Waals surface area contributed by atoms with Crippen molar-refractivity contribution >= 4 is 28.8 Å². The second-order valence-corrected chi connectivity index (χ2v) is 8.62. The van der Waals surface area contributed by atoms with Gasteiger partial charge in [0.2, 0.25) is 11.8 Å². The van der Waals surface area contributed by atoms with Crippen molar-refractivity contribution in [2.75, 3.05) is 7.11 Å². The molecule has 6 heteroatoms. The topological polar surface area (TPSA) is 68.6 Å². The molecule has 1 fully saturated rings. The van der Waals surface area contributed by atoms with Crippen molar-refractivity contribution in [1.82, 2.24) is 9.47 Å². The molecule has 0 bridgehead atoms. The molecule has 0 N–H and O–H groups in total. The second kappa shape index (κ2) is 8.63. The fourth-order valence-electron chi connectivity index (χ4n) is 4.82. The van der Waals surface area contributed by atoms with Crippen LogP contribution >= 0.6 is 0 Å². The molecule has 1 aromatic heterocycles. The zero-order chi connectivity index (χ0) is 23.7. The number of amides is 2. The molecule has 0 radical (unpaired) electrons. The molecule has 5 rings (SSSR count). The van der Waals surface area contributed by atoms with Gasteiger partial charge in [0.05, 0.1) is 24.6 Å². The first kappa shape index (κ1) is 21.6. The van der Waals surface area contributed by atoms with Gasteiger partial charge in [0.1, 0.15) is 0 Å². The minimum atomic E-state index is -1.06. The van der Waals surface area contributed by atoms with Crippen LogP contribution in [0.1, 0.15) is 23.1 Å². The smallest absolute Gasteiger partial charge is 0.418 e. The molecular weight excluding hydrogens is 428 g/mol. The summed E-state index contributed by atoms with van der Waals surface area (Å²) < 4.78 is 6.32. The third-order valence-corrected chi connectivity index (χ3v) is 6.56. The van der Waals surface area contributed by atoms with E-state index in [1.165, 1.54) is 16.6 Å². The van der Waals surface area contributed by atoms with Gasteiger partial charge in [-0.1, -0.05) is 72.8 Å². The van der Waals surface area contributed by atoms with E-state index in [1.54, 1.807) is 6.20 Å². The lowest BCUT2D eigenvalue weighted by atomic mass is 9.74. The molecular formula is C28H24N2O4. The second-order valence-electron chi connectivity index (χ2n) is 8.62. The summed E-state index contributed by atoms with van der Waals surface area (Å²) in [5, 5.41) is 0.849. The minimum Gasteiger partial charge on any atom is -0.452 e. The van der Waals surface area contributed by atoms with E-state index in [4.69, 9.17) is 4.74 Å². The Hall–Kier alpha value is -4.19. The Morgan fingerprint density at radius 3 is 2.26 bits per heavy atom. The normalized spacial score (nSPS) is 18.0. The molecule has 1 unspecified atom stereocenters. The molecule has 34 heavy (non-hydrogen) atoms. The predicted octanol–water partition coefficient (Wildman–Crippen LogP) is 4.70. The lowest BCUT2D eigenvalue weighted by molar-refractivity contribution is -0.140. The molecule has 1 atom stereocenters. The quantitative estimate of drug-likeness (QED) is 0.412. The number of imide groups is 1. The van der Waals surface area contributed by atoms with Crippen LogP contribution in [0.15, 0.2) is 91.1 Å². The highest BCUT2D eigenvalue weighted by atomic mass is 16.5. The van der Waals surface area contributed by atoms with Crippen molar-refractivity contribution in [3.63, 3.8) is 0 Å². The van der Waals surface area contributed by atoms with E-state index in [2.05, 4.69) is 0 Å². The van der Waals surface area contributed by atoms with Crippen LogP contribution in [0.25, 0.3) is 10.9 Å². The first-order chi connectivity index (χ1) is 16.5. The fraction of sp³-hybridized carbons (Fsp3) is 0.179. The summed E-state index contributed by atoms with van der Waals surface area (Å²) in [5.74, 6) is -0.422. The monoisotopic (exact) mass is 452 g/mol. The van der Waals surface area contributed by atoms with Crippen molar-refractivity contribution in [2.45, 2.75) is 24.8 Å². The number of carbonyl (C=O) groups is 3. The molecule has 3 aromatic carbocycles. The molecule has 170 valence electrons. The number of likely N-dealkylation sites (tertiary alicyclic amines) is 1. The SMILES string of the molecule is COC(=O)n1ccc2ccc(C3(Cc4ccccc4)CC(=O)N(Cc4ccccc4)C3=O)cc21. The standard InChI is InChI=1S/C28H24N2O4/c1-34-27(33)29-15-14-22-12-13-23(16-24(22)29)28(17-20-8-4-2-5-9-20)18-25(31)30(26(28)32)19-21-10-6-3-7-11-21/h2-16H,17-19H2,1H3. The van der Waals surface area contributed by atoms with Crippen LogP contribution in [0.5, 0.6) is 0 Å². The first-order valence-electron chi connectivity index (χ1n) is 11.1. The van der Waals surface area contributed by atoms with Gasteiger partial charge < -0.3 is 4.74 Å². The Balaban J connectivity index is 1.62. The molecule has 0 aliphatic carbocycles. The third-order valence-electron chi connectivity index (χ3n) is 6.56. The van der Waals surface area contributed by atoms with Gasteiger partial charge in [-0.3, -0.25) is 19.1 Å². The molecule has 6 nitrogen and oxygen atoms in total. The van der Waals surface area contributed by atoms with E-state index in [0.717, 1.165) is 16.5 Å². The van der Waals surface area contributed by atoms with E-state index >= 15 is 0 Å². The van der Waals surface area contributed by atoms with Crippen LogP contribution in [0.4, 0.5) is 4.79 Å². The van der Waals surface area contributed by atoms with Crippen LogP contribution in [0.2, 0.25) is 0 Å². The number of carbonyl (C=O) groups excluding carboxylic acids is 3. The average Bonchev–Trinajstić information content (AvgIpc) is 3.39. The highest BCUT2D eigenvalue weighted by Gasteiger charge is 2.52. The van der Waals surface area contributed by atoms with E-state index < -0.39 is 11.5 Å². The van der Waals surface area contributed by atoms with Gasteiger partial charge in [0, 0.05) is 18.0 Å².